The molecule has 18 heavy (non-hydrogen) atoms. The highest BCUT2D eigenvalue weighted by molar-refractivity contribution is 7.12. The van der Waals surface area contributed by atoms with Gasteiger partial charge in [0.15, 0.2) is 0 Å². The van der Waals surface area contributed by atoms with Gasteiger partial charge < -0.3 is 5.32 Å². The zero-order valence-electron chi connectivity index (χ0n) is 12.8. The first-order valence-corrected chi connectivity index (χ1v) is 7.72. The summed E-state index contributed by atoms with van der Waals surface area (Å²) in [6.45, 7) is 14.4. The lowest BCUT2D eigenvalue weighted by atomic mass is 9.99. The van der Waals surface area contributed by atoms with E-state index in [0.717, 1.165) is 19.6 Å². The number of thiophene rings is 1. The Morgan fingerprint density at radius 3 is 2.56 bits per heavy atom. The van der Waals surface area contributed by atoms with Crippen LogP contribution in [0.2, 0.25) is 0 Å². The molecule has 0 saturated heterocycles. The van der Waals surface area contributed by atoms with E-state index in [9.17, 15) is 0 Å². The molecule has 1 rings (SSSR count). The van der Waals surface area contributed by atoms with Crippen LogP contribution in [-0.4, -0.2) is 24.0 Å². The van der Waals surface area contributed by atoms with Gasteiger partial charge in [0, 0.05) is 28.4 Å². The van der Waals surface area contributed by atoms with Crippen molar-refractivity contribution in [3.05, 3.63) is 21.4 Å². The second kappa shape index (κ2) is 6.69. The molecule has 0 aromatic carbocycles. The van der Waals surface area contributed by atoms with Crippen molar-refractivity contribution in [3.8, 4) is 0 Å². The molecule has 1 heterocycles. The van der Waals surface area contributed by atoms with Crippen molar-refractivity contribution < 1.29 is 0 Å². The molecule has 0 radical (unpaired) electrons. The number of hydrogen-bond donors (Lipinski definition) is 1. The normalized spacial score (nSPS) is 12.4. The summed E-state index contributed by atoms with van der Waals surface area (Å²) in [5, 5.41) is 3.40. The molecule has 0 aliphatic carbocycles. The van der Waals surface area contributed by atoms with Crippen LogP contribution >= 0.6 is 11.3 Å². The average Bonchev–Trinajstić information content (AvgIpc) is 2.67. The smallest absolute Gasteiger partial charge is 0.0299 e. The van der Waals surface area contributed by atoms with E-state index in [0.29, 0.717) is 0 Å². The van der Waals surface area contributed by atoms with E-state index in [1.54, 1.807) is 0 Å². The fraction of sp³-hybridized carbons (Fsp3) is 0.733. The molecule has 3 heteroatoms. The Morgan fingerprint density at radius 2 is 2.00 bits per heavy atom. The largest absolute Gasteiger partial charge is 0.312 e. The Kier molecular flexibility index (Phi) is 5.83. The van der Waals surface area contributed by atoms with E-state index in [4.69, 9.17) is 0 Å². The van der Waals surface area contributed by atoms with E-state index in [1.807, 2.05) is 11.3 Å². The predicted octanol–water partition coefficient (Wildman–Crippen LogP) is 3.79. The average molecular weight is 268 g/mol. The third-order valence-electron chi connectivity index (χ3n) is 3.93. The zero-order chi connectivity index (χ0) is 13.8. The Balaban J connectivity index is 2.70. The number of nitrogens with zero attached hydrogens (tertiary/aromatic N) is 1. The number of hydrogen-bond acceptors (Lipinski definition) is 3. The second-order valence-electron chi connectivity index (χ2n) is 5.60. The Hall–Kier alpha value is -0.380. The molecule has 0 atom stereocenters. The summed E-state index contributed by atoms with van der Waals surface area (Å²) in [7, 11) is 2.23. The number of nitrogens with one attached hydrogen (secondary N) is 1. The van der Waals surface area contributed by atoms with Crippen LogP contribution in [-0.2, 0) is 13.1 Å². The highest BCUT2D eigenvalue weighted by Crippen LogP contribution is 2.26. The van der Waals surface area contributed by atoms with E-state index >= 15 is 0 Å². The summed E-state index contributed by atoms with van der Waals surface area (Å²) in [4.78, 5) is 5.37. The third-order valence-corrected chi connectivity index (χ3v) is 5.02. The fourth-order valence-electron chi connectivity index (χ4n) is 1.82. The van der Waals surface area contributed by atoms with Crippen molar-refractivity contribution in [2.24, 2.45) is 0 Å². The van der Waals surface area contributed by atoms with Crippen molar-refractivity contribution in [1.29, 1.82) is 0 Å². The third kappa shape index (κ3) is 4.08. The first kappa shape index (κ1) is 15.7. The van der Waals surface area contributed by atoms with Crippen molar-refractivity contribution >= 4 is 11.3 Å². The molecular formula is C15H28N2S. The summed E-state index contributed by atoms with van der Waals surface area (Å²) in [6.07, 6.45) is 1.18. The van der Waals surface area contributed by atoms with Crippen LogP contribution < -0.4 is 5.32 Å². The molecular weight excluding hydrogens is 240 g/mol. The van der Waals surface area contributed by atoms with Gasteiger partial charge in [0.25, 0.3) is 0 Å². The van der Waals surface area contributed by atoms with Crippen LogP contribution in [0.25, 0.3) is 0 Å². The SMILES string of the molecule is CCNCc1cc(CN(C)C(C)(C)CC)c(C)s1. The topological polar surface area (TPSA) is 15.3 Å². The number of rotatable bonds is 7. The first-order chi connectivity index (χ1) is 8.40. The lowest BCUT2D eigenvalue weighted by Crippen LogP contribution is -2.39. The highest BCUT2D eigenvalue weighted by atomic mass is 32.1. The van der Waals surface area contributed by atoms with Crippen LogP contribution in [0.3, 0.4) is 0 Å². The molecule has 1 N–H and O–H groups in total. The van der Waals surface area contributed by atoms with Crippen molar-refractivity contribution in [1.82, 2.24) is 10.2 Å². The summed E-state index contributed by atoms with van der Waals surface area (Å²) in [5.41, 5.74) is 1.76. The van der Waals surface area contributed by atoms with Gasteiger partial charge in [-0.25, -0.2) is 0 Å². The fourth-order valence-corrected chi connectivity index (χ4v) is 2.84. The van der Waals surface area contributed by atoms with Gasteiger partial charge in [0.05, 0.1) is 0 Å². The Bertz CT molecular complexity index is 369. The van der Waals surface area contributed by atoms with Gasteiger partial charge in [-0.3, -0.25) is 4.90 Å². The molecule has 0 aliphatic rings. The molecule has 1 aromatic rings. The molecule has 0 bridgehead atoms. The summed E-state index contributed by atoms with van der Waals surface area (Å²) < 4.78 is 0. The standard InChI is InChI=1S/C15H28N2S/c1-7-15(4,5)17(6)11-13-9-14(10-16-8-2)18-12(13)3/h9,16H,7-8,10-11H2,1-6H3. The minimum atomic E-state index is 0.274. The van der Waals surface area contributed by atoms with Gasteiger partial charge in [-0.2, -0.15) is 0 Å². The van der Waals surface area contributed by atoms with Gasteiger partial charge in [-0.15, -0.1) is 11.3 Å². The van der Waals surface area contributed by atoms with E-state index in [-0.39, 0.29) is 5.54 Å². The summed E-state index contributed by atoms with van der Waals surface area (Å²) in [6, 6.07) is 2.37. The van der Waals surface area contributed by atoms with Gasteiger partial charge in [0.1, 0.15) is 0 Å². The number of aryl methyl sites for hydroxylation is 1. The van der Waals surface area contributed by atoms with Crippen LogP contribution in [0.4, 0.5) is 0 Å². The predicted molar refractivity (Wildman–Crippen MR) is 82.3 cm³/mol. The highest BCUT2D eigenvalue weighted by Gasteiger charge is 2.22. The first-order valence-electron chi connectivity index (χ1n) is 6.90. The second-order valence-corrected chi connectivity index (χ2v) is 6.94. The monoisotopic (exact) mass is 268 g/mol. The van der Waals surface area contributed by atoms with Gasteiger partial charge in [-0.05, 0) is 52.4 Å². The maximum atomic E-state index is 3.40. The maximum absolute atomic E-state index is 3.40. The van der Waals surface area contributed by atoms with E-state index in [1.165, 1.54) is 21.7 Å². The molecule has 0 fully saturated rings. The van der Waals surface area contributed by atoms with Crippen LogP contribution in [0.5, 0.6) is 0 Å². The molecule has 0 spiro atoms. The van der Waals surface area contributed by atoms with Crippen molar-refractivity contribution in [3.63, 3.8) is 0 Å². The van der Waals surface area contributed by atoms with Crippen molar-refractivity contribution in [2.75, 3.05) is 13.6 Å². The lowest BCUT2D eigenvalue weighted by Gasteiger charge is -2.34. The van der Waals surface area contributed by atoms with Crippen molar-refractivity contribution in [2.45, 2.75) is 59.7 Å². The molecule has 0 saturated carbocycles. The van der Waals surface area contributed by atoms with E-state index in [2.05, 4.69) is 57.9 Å². The minimum absolute atomic E-state index is 0.274. The van der Waals surface area contributed by atoms with Gasteiger partial charge >= 0.3 is 0 Å². The van der Waals surface area contributed by atoms with Crippen LogP contribution in [0, 0.1) is 6.92 Å². The maximum Gasteiger partial charge on any atom is 0.0299 e. The lowest BCUT2D eigenvalue weighted by molar-refractivity contribution is 0.143. The minimum Gasteiger partial charge on any atom is -0.312 e. The molecule has 104 valence electrons. The molecule has 1 aromatic heterocycles. The van der Waals surface area contributed by atoms with Crippen LogP contribution in [0.15, 0.2) is 6.07 Å². The molecule has 0 amide bonds. The molecule has 0 aliphatic heterocycles. The van der Waals surface area contributed by atoms with Gasteiger partial charge in [0.2, 0.25) is 0 Å². The quantitative estimate of drug-likeness (QED) is 0.809. The Labute approximate surface area is 116 Å². The summed E-state index contributed by atoms with van der Waals surface area (Å²) in [5.74, 6) is 0. The van der Waals surface area contributed by atoms with Crippen LogP contribution in [0.1, 0.15) is 49.4 Å². The Morgan fingerprint density at radius 1 is 1.33 bits per heavy atom. The molecule has 2 nitrogen and oxygen atoms in total. The van der Waals surface area contributed by atoms with Gasteiger partial charge in [-0.1, -0.05) is 13.8 Å². The zero-order valence-corrected chi connectivity index (χ0v) is 13.6. The summed E-state index contributed by atoms with van der Waals surface area (Å²) >= 11 is 1.93. The van der Waals surface area contributed by atoms with E-state index < -0.39 is 0 Å². The molecule has 0 unspecified atom stereocenters.